The molecule has 112 valence electrons. The highest BCUT2D eigenvalue weighted by Crippen LogP contribution is 2.21. The Bertz CT molecular complexity index is 602. The Balaban J connectivity index is 1.74. The molecule has 1 saturated heterocycles. The topological polar surface area (TPSA) is 28.2 Å². The van der Waals surface area contributed by atoms with Crippen molar-refractivity contribution in [2.24, 2.45) is 5.92 Å². The molecule has 2 heterocycles. The van der Waals surface area contributed by atoms with Gasteiger partial charge in [0.2, 0.25) is 0 Å². The van der Waals surface area contributed by atoms with Gasteiger partial charge in [-0.3, -0.25) is 4.98 Å². The van der Waals surface area contributed by atoms with Gasteiger partial charge in [0.25, 0.3) is 0 Å². The van der Waals surface area contributed by atoms with Gasteiger partial charge >= 0.3 is 0 Å². The second-order valence-electron chi connectivity index (χ2n) is 6.33. The minimum absolute atomic E-state index is 0.838. The minimum atomic E-state index is 0.838. The third-order valence-corrected chi connectivity index (χ3v) is 4.40. The summed E-state index contributed by atoms with van der Waals surface area (Å²) in [6.45, 7) is 6.64. The third-order valence-electron chi connectivity index (χ3n) is 4.40. The lowest BCUT2D eigenvalue weighted by molar-refractivity contribution is 0.235. The number of fused-ring (bicyclic) bond motifs is 1. The number of benzene rings is 1. The Labute approximate surface area is 127 Å². The molecule has 0 spiro atoms. The van der Waals surface area contributed by atoms with Crippen LogP contribution < -0.4 is 5.32 Å². The van der Waals surface area contributed by atoms with Gasteiger partial charge in [-0.15, -0.1) is 0 Å². The number of hydrogen-bond donors (Lipinski definition) is 1. The van der Waals surface area contributed by atoms with Crippen LogP contribution in [0.2, 0.25) is 0 Å². The molecule has 1 fully saturated rings. The van der Waals surface area contributed by atoms with Crippen LogP contribution in [0.4, 0.5) is 0 Å². The predicted molar refractivity (Wildman–Crippen MR) is 88.4 cm³/mol. The molecule has 0 radical (unpaired) electrons. The van der Waals surface area contributed by atoms with Gasteiger partial charge in [0, 0.05) is 24.2 Å². The van der Waals surface area contributed by atoms with Gasteiger partial charge in [0.1, 0.15) is 0 Å². The van der Waals surface area contributed by atoms with Crippen molar-refractivity contribution in [3.05, 3.63) is 41.6 Å². The molecule has 0 unspecified atom stereocenters. The van der Waals surface area contributed by atoms with E-state index in [1.54, 1.807) is 0 Å². The summed E-state index contributed by atoms with van der Waals surface area (Å²) in [5, 5.41) is 4.73. The Hall–Kier alpha value is -1.45. The molecule has 3 heteroatoms. The van der Waals surface area contributed by atoms with Crippen LogP contribution in [0.5, 0.6) is 0 Å². The van der Waals surface area contributed by atoms with Crippen LogP contribution in [0, 0.1) is 12.8 Å². The van der Waals surface area contributed by atoms with E-state index in [2.05, 4.69) is 59.5 Å². The van der Waals surface area contributed by atoms with Gasteiger partial charge < -0.3 is 10.2 Å². The molecule has 0 aliphatic carbocycles. The second kappa shape index (κ2) is 6.54. The normalized spacial score (nSPS) is 16.7. The lowest BCUT2D eigenvalue weighted by Gasteiger charge is -2.27. The highest BCUT2D eigenvalue weighted by molar-refractivity contribution is 5.82. The van der Waals surface area contributed by atoms with Crippen LogP contribution in [0.3, 0.4) is 0 Å². The summed E-state index contributed by atoms with van der Waals surface area (Å²) in [7, 11) is 2.24. The Morgan fingerprint density at radius 3 is 2.81 bits per heavy atom. The summed E-state index contributed by atoms with van der Waals surface area (Å²) in [4.78, 5) is 7.10. The van der Waals surface area contributed by atoms with E-state index in [-0.39, 0.29) is 0 Å². The summed E-state index contributed by atoms with van der Waals surface area (Å²) in [6.07, 6.45) is 2.61. The molecule has 1 aliphatic rings. The molecule has 0 saturated carbocycles. The van der Waals surface area contributed by atoms with Gasteiger partial charge in [-0.05, 0) is 63.5 Å². The van der Waals surface area contributed by atoms with Gasteiger partial charge in [0.15, 0.2) is 0 Å². The molecule has 3 nitrogen and oxygen atoms in total. The first kappa shape index (κ1) is 14.5. The highest BCUT2D eigenvalue weighted by Gasteiger charge is 2.15. The van der Waals surface area contributed by atoms with E-state index in [1.807, 2.05) is 0 Å². The molecule has 21 heavy (non-hydrogen) atoms. The van der Waals surface area contributed by atoms with Crippen molar-refractivity contribution in [1.29, 1.82) is 0 Å². The van der Waals surface area contributed by atoms with Gasteiger partial charge in [-0.25, -0.2) is 0 Å². The van der Waals surface area contributed by atoms with Crippen LogP contribution in [0.1, 0.15) is 24.1 Å². The highest BCUT2D eigenvalue weighted by atomic mass is 15.1. The average molecular weight is 283 g/mol. The first-order chi connectivity index (χ1) is 10.2. The molecule has 1 aliphatic heterocycles. The van der Waals surface area contributed by atoms with Crippen LogP contribution >= 0.6 is 0 Å². The van der Waals surface area contributed by atoms with Crippen LogP contribution in [-0.4, -0.2) is 36.6 Å². The van der Waals surface area contributed by atoms with Crippen LogP contribution in [0.25, 0.3) is 10.9 Å². The van der Waals surface area contributed by atoms with Gasteiger partial charge in [-0.1, -0.05) is 18.2 Å². The van der Waals surface area contributed by atoms with Crippen molar-refractivity contribution in [3.8, 4) is 0 Å². The van der Waals surface area contributed by atoms with E-state index in [0.29, 0.717) is 0 Å². The van der Waals surface area contributed by atoms with Gasteiger partial charge in [0.05, 0.1) is 5.52 Å². The maximum atomic E-state index is 4.63. The Morgan fingerprint density at radius 2 is 2.00 bits per heavy atom. The van der Waals surface area contributed by atoms with E-state index < -0.39 is 0 Å². The Morgan fingerprint density at radius 1 is 1.24 bits per heavy atom. The maximum Gasteiger partial charge on any atom is 0.0708 e. The number of nitrogens with one attached hydrogen (secondary N) is 1. The van der Waals surface area contributed by atoms with Crippen LogP contribution in [0.15, 0.2) is 30.3 Å². The molecule has 0 amide bonds. The molecule has 1 aromatic carbocycles. The zero-order chi connectivity index (χ0) is 14.7. The minimum Gasteiger partial charge on any atom is -0.317 e. The lowest BCUT2D eigenvalue weighted by Crippen LogP contribution is -2.34. The molecule has 1 N–H and O–H groups in total. The van der Waals surface area contributed by atoms with Crippen molar-refractivity contribution >= 4 is 10.9 Å². The SMILES string of the molecule is Cc1cc(CN(C)CC2CCNCC2)c2ccccc2n1. The van der Waals surface area contributed by atoms with Crippen LogP contribution in [-0.2, 0) is 6.54 Å². The molecule has 1 aromatic heterocycles. The summed E-state index contributed by atoms with van der Waals surface area (Å²) >= 11 is 0. The predicted octanol–water partition coefficient (Wildman–Crippen LogP) is 2.97. The number of aromatic nitrogens is 1. The average Bonchev–Trinajstić information content (AvgIpc) is 2.48. The summed E-state index contributed by atoms with van der Waals surface area (Å²) in [5.41, 5.74) is 3.62. The number of piperidine rings is 1. The van der Waals surface area contributed by atoms with E-state index in [0.717, 1.165) is 23.7 Å². The molecule has 0 atom stereocenters. The number of rotatable bonds is 4. The standard InChI is InChI=1S/C18H25N3/c1-14-11-16(17-5-3-4-6-18(17)20-14)13-21(2)12-15-7-9-19-10-8-15/h3-6,11,15,19H,7-10,12-13H2,1-2H3. The molecule has 0 bridgehead atoms. The van der Waals surface area contributed by atoms with Crippen molar-refractivity contribution in [2.75, 3.05) is 26.7 Å². The summed E-state index contributed by atoms with van der Waals surface area (Å²) < 4.78 is 0. The quantitative estimate of drug-likeness (QED) is 0.935. The molecule has 3 rings (SSSR count). The summed E-state index contributed by atoms with van der Waals surface area (Å²) in [6, 6.07) is 10.7. The number of aryl methyl sites for hydroxylation is 1. The largest absolute Gasteiger partial charge is 0.317 e. The zero-order valence-electron chi connectivity index (χ0n) is 13.1. The van der Waals surface area contributed by atoms with E-state index in [9.17, 15) is 0 Å². The molecular weight excluding hydrogens is 258 g/mol. The fourth-order valence-electron chi connectivity index (χ4n) is 3.39. The van der Waals surface area contributed by atoms with E-state index in [4.69, 9.17) is 0 Å². The van der Waals surface area contributed by atoms with Crippen molar-refractivity contribution in [3.63, 3.8) is 0 Å². The van der Waals surface area contributed by atoms with Gasteiger partial charge in [-0.2, -0.15) is 0 Å². The zero-order valence-corrected chi connectivity index (χ0v) is 13.1. The molecular formula is C18H25N3. The first-order valence-corrected chi connectivity index (χ1v) is 7.97. The van der Waals surface area contributed by atoms with Crippen molar-refractivity contribution in [1.82, 2.24) is 15.2 Å². The number of para-hydroxylation sites is 1. The van der Waals surface area contributed by atoms with E-state index in [1.165, 1.54) is 43.4 Å². The second-order valence-corrected chi connectivity index (χ2v) is 6.33. The number of pyridine rings is 1. The lowest BCUT2D eigenvalue weighted by atomic mass is 9.97. The fourth-order valence-corrected chi connectivity index (χ4v) is 3.39. The smallest absolute Gasteiger partial charge is 0.0708 e. The van der Waals surface area contributed by atoms with E-state index >= 15 is 0 Å². The number of nitrogens with zero attached hydrogens (tertiary/aromatic N) is 2. The summed E-state index contributed by atoms with van der Waals surface area (Å²) in [5.74, 6) is 0.838. The fraction of sp³-hybridized carbons (Fsp3) is 0.500. The third kappa shape index (κ3) is 3.60. The monoisotopic (exact) mass is 283 g/mol. The maximum absolute atomic E-state index is 4.63. The Kier molecular flexibility index (Phi) is 4.51. The van der Waals surface area contributed by atoms with Crippen molar-refractivity contribution < 1.29 is 0 Å². The van der Waals surface area contributed by atoms with Crippen molar-refractivity contribution in [2.45, 2.75) is 26.3 Å². The number of hydrogen-bond acceptors (Lipinski definition) is 3. The first-order valence-electron chi connectivity index (χ1n) is 7.97. The molecule has 2 aromatic rings.